The number of rotatable bonds is 7. The Balaban J connectivity index is 1.82. The molecular formula is C28H26Cl2F2N2O3S. The molecule has 5 nitrogen and oxygen atoms in total. The third-order valence-electron chi connectivity index (χ3n) is 6.22. The highest BCUT2D eigenvalue weighted by Gasteiger charge is 2.24. The fourth-order valence-electron chi connectivity index (χ4n) is 4.22. The standard InChI is InChI=1S/C28H26Cl2F2N2O3S/c1-5-20-23(32)11-18(12-25(20)38(4,36)37)16-7-9-24(22(30)10-16)34-15-26(28(2,3)35)33-27(34)13-17-6-8-19(31)14-21(17)29/h6-12,14-15,35H,5,13H2,1-4H3. The summed E-state index contributed by atoms with van der Waals surface area (Å²) in [7, 11) is -3.66. The molecule has 1 heterocycles. The van der Waals surface area contributed by atoms with E-state index < -0.39 is 27.1 Å². The Bertz CT molecular complexity index is 1640. The van der Waals surface area contributed by atoms with Gasteiger partial charge in [-0.3, -0.25) is 0 Å². The van der Waals surface area contributed by atoms with E-state index >= 15 is 0 Å². The van der Waals surface area contributed by atoms with E-state index in [1.165, 1.54) is 24.3 Å². The molecule has 4 rings (SSSR count). The Hall–Kier alpha value is -2.78. The maximum Gasteiger partial charge on any atom is 0.175 e. The van der Waals surface area contributed by atoms with Crippen LogP contribution in [0.15, 0.2) is 59.6 Å². The Labute approximate surface area is 230 Å². The molecule has 200 valence electrons. The van der Waals surface area contributed by atoms with Crippen LogP contribution in [0.5, 0.6) is 0 Å². The zero-order valence-electron chi connectivity index (χ0n) is 21.2. The van der Waals surface area contributed by atoms with Crippen molar-refractivity contribution < 1.29 is 22.3 Å². The summed E-state index contributed by atoms with van der Waals surface area (Å²) in [5.74, 6) is -0.558. The summed E-state index contributed by atoms with van der Waals surface area (Å²) >= 11 is 12.9. The average Bonchev–Trinajstić information content (AvgIpc) is 3.24. The maximum atomic E-state index is 14.8. The molecule has 0 amide bonds. The second-order valence-electron chi connectivity index (χ2n) is 9.61. The molecule has 0 saturated carbocycles. The number of benzene rings is 3. The summed E-state index contributed by atoms with van der Waals surface area (Å²) in [6.45, 7) is 4.90. The number of aliphatic hydroxyl groups is 1. The lowest BCUT2D eigenvalue weighted by Gasteiger charge is -2.14. The normalized spacial score (nSPS) is 12.2. The molecular weight excluding hydrogens is 553 g/mol. The molecule has 0 unspecified atom stereocenters. The van der Waals surface area contributed by atoms with Crippen molar-refractivity contribution in [2.45, 2.75) is 44.1 Å². The van der Waals surface area contributed by atoms with Gasteiger partial charge in [0, 0.05) is 29.5 Å². The van der Waals surface area contributed by atoms with Gasteiger partial charge >= 0.3 is 0 Å². The summed E-state index contributed by atoms with van der Waals surface area (Å²) < 4.78 is 54.7. The van der Waals surface area contributed by atoms with Crippen LogP contribution >= 0.6 is 23.2 Å². The zero-order valence-corrected chi connectivity index (χ0v) is 23.5. The highest BCUT2D eigenvalue weighted by atomic mass is 35.5. The highest BCUT2D eigenvalue weighted by molar-refractivity contribution is 7.90. The van der Waals surface area contributed by atoms with Crippen LogP contribution in [0, 0.1) is 11.6 Å². The van der Waals surface area contributed by atoms with Gasteiger partial charge in [-0.25, -0.2) is 22.2 Å². The molecule has 1 aromatic heterocycles. The van der Waals surface area contributed by atoms with Crippen molar-refractivity contribution in [3.05, 3.63) is 99.1 Å². The summed E-state index contributed by atoms with van der Waals surface area (Å²) in [4.78, 5) is 4.54. The van der Waals surface area contributed by atoms with Crippen LogP contribution in [-0.4, -0.2) is 29.3 Å². The van der Waals surface area contributed by atoms with E-state index in [9.17, 15) is 22.3 Å². The number of sulfone groups is 1. The number of aromatic nitrogens is 2. The summed E-state index contributed by atoms with van der Waals surface area (Å²) in [6, 6.07) is 11.9. The first-order chi connectivity index (χ1) is 17.7. The Morgan fingerprint density at radius 3 is 2.29 bits per heavy atom. The van der Waals surface area contributed by atoms with Crippen LogP contribution in [0.25, 0.3) is 16.8 Å². The van der Waals surface area contributed by atoms with Crippen LogP contribution in [-0.2, 0) is 28.3 Å². The summed E-state index contributed by atoms with van der Waals surface area (Å²) in [6.07, 6.45) is 3.17. The molecule has 0 atom stereocenters. The Morgan fingerprint density at radius 1 is 1.00 bits per heavy atom. The molecule has 4 aromatic rings. The largest absolute Gasteiger partial charge is 0.384 e. The lowest BCUT2D eigenvalue weighted by Crippen LogP contribution is -2.15. The van der Waals surface area contributed by atoms with Crippen molar-refractivity contribution in [1.29, 1.82) is 0 Å². The van der Waals surface area contributed by atoms with Crippen molar-refractivity contribution >= 4 is 33.0 Å². The fourth-order valence-corrected chi connectivity index (χ4v) is 5.75. The molecule has 0 radical (unpaired) electrons. The lowest BCUT2D eigenvalue weighted by atomic mass is 10.0. The molecule has 0 aliphatic heterocycles. The van der Waals surface area contributed by atoms with Gasteiger partial charge in [0.2, 0.25) is 0 Å². The van der Waals surface area contributed by atoms with Gasteiger partial charge in [0.25, 0.3) is 0 Å². The third kappa shape index (κ3) is 5.78. The van der Waals surface area contributed by atoms with E-state index in [-0.39, 0.29) is 33.3 Å². The minimum atomic E-state index is -3.66. The van der Waals surface area contributed by atoms with E-state index in [1.54, 1.807) is 55.8 Å². The first-order valence-electron chi connectivity index (χ1n) is 11.8. The van der Waals surface area contributed by atoms with Gasteiger partial charge in [0.05, 0.1) is 21.3 Å². The molecule has 38 heavy (non-hydrogen) atoms. The molecule has 0 spiro atoms. The predicted octanol–water partition coefficient (Wildman–Crippen LogP) is 6.91. The van der Waals surface area contributed by atoms with Crippen molar-refractivity contribution in [2.24, 2.45) is 0 Å². The topological polar surface area (TPSA) is 72.2 Å². The van der Waals surface area contributed by atoms with Crippen molar-refractivity contribution in [2.75, 3.05) is 6.26 Å². The first kappa shape index (κ1) is 28.2. The predicted molar refractivity (Wildman–Crippen MR) is 146 cm³/mol. The number of halogens is 4. The second-order valence-corrected chi connectivity index (χ2v) is 12.4. The first-order valence-corrected chi connectivity index (χ1v) is 14.4. The smallest absolute Gasteiger partial charge is 0.175 e. The zero-order chi connectivity index (χ0) is 28.0. The number of hydrogen-bond acceptors (Lipinski definition) is 4. The third-order valence-corrected chi connectivity index (χ3v) is 8.04. The van der Waals surface area contributed by atoms with E-state index in [0.29, 0.717) is 33.9 Å². The van der Waals surface area contributed by atoms with Crippen molar-refractivity contribution in [1.82, 2.24) is 9.55 Å². The van der Waals surface area contributed by atoms with Crippen LogP contribution in [0.2, 0.25) is 10.0 Å². The molecule has 0 aliphatic carbocycles. The van der Waals surface area contributed by atoms with Gasteiger partial charge < -0.3 is 9.67 Å². The molecule has 0 saturated heterocycles. The monoisotopic (exact) mass is 578 g/mol. The number of imidazole rings is 1. The van der Waals surface area contributed by atoms with Gasteiger partial charge in [-0.15, -0.1) is 0 Å². The fraction of sp³-hybridized carbons (Fsp3) is 0.250. The lowest BCUT2D eigenvalue weighted by molar-refractivity contribution is 0.0741. The minimum Gasteiger partial charge on any atom is -0.384 e. The molecule has 10 heteroatoms. The maximum absolute atomic E-state index is 14.8. The second kappa shape index (κ2) is 10.4. The SMILES string of the molecule is CCc1c(F)cc(-c2ccc(-n3cc(C(C)(C)O)nc3Cc3ccc(F)cc3Cl)c(Cl)c2)cc1S(C)(=O)=O. The molecule has 0 aliphatic rings. The summed E-state index contributed by atoms with van der Waals surface area (Å²) in [5, 5.41) is 11.1. The molecule has 0 fully saturated rings. The summed E-state index contributed by atoms with van der Waals surface area (Å²) in [5.41, 5.74) is 1.34. The van der Waals surface area contributed by atoms with Gasteiger partial charge in [0.15, 0.2) is 9.84 Å². The Kier molecular flexibility index (Phi) is 7.74. The number of nitrogens with zero attached hydrogens (tertiary/aromatic N) is 2. The molecule has 3 aromatic carbocycles. The van der Waals surface area contributed by atoms with Gasteiger partial charge in [-0.1, -0.05) is 42.3 Å². The molecule has 1 N–H and O–H groups in total. The van der Waals surface area contributed by atoms with E-state index in [1.807, 2.05) is 0 Å². The van der Waals surface area contributed by atoms with Gasteiger partial charge in [-0.2, -0.15) is 0 Å². The number of hydrogen-bond donors (Lipinski definition) is 1. The quantitative estimate of drug-likeness (QED) is 0.258. The van der Waals surface area contributed by atoms with Gasteiger partial charge in [-0.05, 0) is 73.4 Å². The van der Waals surface area contributed by atoms with Crippen LogP contribution < -0.4 is 0 Å². The van der Waals surface area contributed by atoms with E-state index in [2.05, 4.69) is 4.98 Å². The highest BCUT2D eigenvalue weighted by Crippen LogP contribution is 2.34. The minimum absolute atomic E-state index is 0.0573. The van der Waals surface area contributed by atoms with E-state index in [0.717, 1.165) is 6.26 Å². The average molecular weight is 579 g/mol. The van der Waals surface area contributed by atoms with Crippen molar-refractivity contribution in [3.63, 3.8) is 0 Å². The van der Waals surface area contributed by atoms with E-state index in [4.69, 9.17) is 23.2 Å². The van der Waals surface area contributed by atoms with Crippen LogP contribution in [0.1, 0.15) is 43.4 Å². The van der Waals surface area contributed by atoms with Crippen molar-refractivity contribution in [3.8, 4) is 16.8 Å². The Morgan fingerprint density at radius 2 is 1.71 bits per heavy atom. The van der Waals surface area contributed by atoms with Crippen LogP contribution in [0.4, 0.5) is 8.78 Å². The molecule has 0 bridgehead atoms. The van der Waals surface area contributed by atoms with Gasteiger partial charge in [0.1, 0.15) is 23.1 Å². The van der Waals surface area contributed by atoms with Crippen LogP contribution in [0.3, 0.4) is 0 Å².